The molecule has 1 atom stereocenters. The van der Waals surface area contributed by atoms with Crippen LogP contribution in [0.4, 0.5) is 0 Å². The van der Waals surface area contributed by atoms with Crippen molar-refractivity contribution in [3.8, 4) is 0 Å². The number of rotatable bonds is 7. The fourth-order valence-electron chi connectivity index (χ4n) is 1.79. The highest BCUT2D eigenvalue weighted by molar-refractivity contribution is 9.10. The molecule has 19 heavy (non-hydrogen) atoms. The van der Waals surface area contributed by atoms with Gasteiger partial charge in [0.2, 0.25) is 0 Å². The molecular formula is C15H18BrNOS. The third kappa shape index (κ3) is 5.07. The van der Waals surface area contributed by atoms with Gasteiger partial charge in [-0.25, -0.2) is 0 Å². The van der Waals surface area contributed by atoms with Gasteiger partial charge in [0, 0.05) is 27.8 Å². The smallest absolute Gasteiger partial charge is 0.0797 e. The lowest BCUT2D eigenvalue weighted by molar-refractivity contribution is 0.0676. The molecule has 1 unspecified atom stereocenters. The van der Waals surface area contributed by atoms with Gasteiger partial charge in [0.25, 0.3) is 0 Å². The van der Waals surface area contributed by atoms with Crippen LogP contribution >= 0.6 is 27.3 Å². The molecule has 0 aliphatic carbocycles. The summed E-state index contributed by atoms with van der Waals surface area (Å²) >= 11 is 5.22. The molecule has 1 aromatic heterocycles. The summed E-state index contributed by atoms with van der Waals surface area (Å²) in [6.07, 6.45) is 0.152. The largest absolute Gasteiger partial charge is 0.373 e. The molecule has 1 N–H and O–H groups in total. The highest BCUT2D eigenvalue weighted by atomic mass is 79.9. The van der Waals surface area contributed by atoms with E-state index in [1.807, 2.05) is 18.2 Å². The van der Waals surface area contributed by atoms with E-state index in [9.17, 15) is 0 Å². The molecule has 102 valence electrons. The quantitative estimate of drug-likeness (QED) is 0.756. The van der Waals surface area contributed by atoms with Crippen molar-refractivity contribution in [3.05, 3.63) is 56.7 Å². The Morgan fingerprint density at radius 2 is 2.11 bits per heavy atom. The summed E-state index contributed by atoms with van der Waals surface area (Å²) in [5.74, 6) is 0. The highest BCUT2D eigenvalue weighted by Crippen LogP contribution is 2.19. The molecule has 2 aromatic rings. The zero-order chi connectivity index (χ0) is 13.5. The predicted molar refractivity (Wildman–Crippen MR) is 84.5 cm³/mol. The van der Waals surface area contributed by atoms with E-state index in [2.05, 4.69) is 51.7 Å². The molecule has 0 aliphatic rings. The minimum absolute atomic E-state index is 0.152. The fraction of sp³-hybridized carbons (Fsp3) is 0.333. The molecule has 0 radical (unpaired) electrons. The number of benzene rings is 1. The van der Waals surface area contributed by atoms with Gasteiger partial charge in [-0.1, -0.05) is 30.3 Å². The summed E-state index contributed by atoms with van der Waals surface area (Å²) in [7, 11) is 0. The molecule has 0 saturated carbocycles. The van der Waals surface area contributed by atoms with Crippen LogP contribution in [0, 0.1) is 0 Å². The van der Waals surface area contributed by atoms with Crippen LogP contribution in [-0.2, 0) is 11.3 Å². The number of nitrogens with one attached hydrogen (secondary N) is 1. The molecular weight excluding hydrogens is 322 g/mol. The Morgan fingerprint density at radius 1 is 1.32 bits per heavy atom. The second kappa shape index (κ2) is 7.80. The SMILES string of the molecule is CC(OCCNCc1cc(Br)cs1)c1ccccc1. The van der Waals surface area contributed by atoms with Crippen molar-refractivity contribution in [2.75, 3.05) is 13.2 Å². The van der Waals surface area contributed by atoms with Crippen LogP contribution < -0.4 is 5.32 Å². The maximum absolute atomic E-state index is 5.80. The molecule has 1 heterocycles. The monoisotopic (exact) mass is 339 g/mol. The van der Waals surface area contributed by atoms with E-state index in [1.165, 1.54) is 10.4 Å². The lowest BCUT2D eigenvalue weighted by Crippen LogP contribution is -2.19. The summed E-state index contributed by atoms with van der Waals surface area (Å²) in [5, 5.41) is 5.49. The number of hydrogen-bond acceptors (Lipinski definition) is 3. The Kier molecular flexibility index (Phi) is 6.04. The lowest BCUT2D eigenvalue weighted by atomic mass is 10.1. The molecule has 0 amide bonds. The van der Waals surface area contributed by atoms with Gasteiger partial charge in [-0.15, -0.1) is 11.3 Å². The van der Waals surface area contributed by atoms with Crippen molar-refractivity contribution in [1.29, 1.82) is 0 Å². The normalized spacial score (nSPS) is 12.5. The minimum Gasteiger partial charge on any atom is -0.373 e. The Labute approximate surface area is 126 Å². The van der Waals surface area contributed by atoms with Crippen LogP contribution in [0.5, 0.6) is 0 Å². The van der Waals surface area contributed by atoms with Crippen LogP contribution in [-0.4, -0.2) is 13.2 Å². The van der Waals surface area contributed by atoms with Crippen molar-refractivity contribution in [3.63, 3.8) is 0 Å². The van der Waals surface area contributed by atoms with Crippen LogP contribution in [0.3, 0.4) is 0 Å². The molecule has 0 aliphatic heterocycles. The van der Waals surface area contributed by atoms with Gasteiger partial charge in [0.15, 0.2) is 0 Å². The van der Waals surface area contributed by atoms with Crippen LogP contribution in [0.1, 0.15) is 23.5 Å². The molecule has 2 nitrogen and oxygen atoms in total. The van der Waals surface area contributed by atoms with Gasteiger partial charge < -0.3 is 10.1 Å². The molecule has 2 rings (SSSR count). The average molecular weight is 340 g/mol. The minimum atomic E-state index is 0.152. The zero-order valence-corrected chi connectivity index (χ0v) is 13.3. The predicted octanol–water partition coefficient (Wildman–Crippen LogP) is 4.38. The van der Waals surface area contributed by atoms with E-state index in [1.54, 1.807) is 11.3 Å². The first kappa shape index (κ1) is 14.7. The van der Waals surface area contributed by atoms with Crippen molar-refractivity contribution in [2.24, 2.45) is 0 Å². The van der Waals surface area contributed by atoms with Crippen molar-refractivity contribution >= 4 is 27.3 Å². The van der Waals surface area contributed by atoms with Crippen molar-refractivity contribution in [1.82, 2.24) is 5.32 Å². The Balaban J connectivity index is 1.62. The maximum Gasteiger partial charge on any atom is 0.0797 e. The number of hydrogen-bond donors (Lipinski definition) is 1. The standard InChI is InChI=1S/C15H18BrNOS/c1-12(13-5-3-2-4-6-13)18-8-7-17-10-15-9-14(16)11-19-15/h2-6,9,11-12,17H,7-8,10H2,1H3. The highest BCUT2D eigenvalue weighted by Gasteiger charge is 2.04. The van der Waals surface area contributed by atoms with Gasteiger partial charge in [-0.2, -0.15) is 0 Å². The lowest BCUT2D eigenvalue weighted by Gasteiger charge is -2.13. The molecule has 0 saturated heterocycles. The first-order valence-corrected chi connectivity index (χ1v) is 8.03. The Bertz CT molecular complexity index is 486. The first-order valence-electron chi connectivity index (χ1n) is 6.36. The van der Waals surface area contributed by atoms with Crippen LogP contribution in [0.25, 0.3) is 0 Å². The van der Waals surface area contributed by atoms with E-state index in [4.69, 9.17) is 4.74 Å². The average Bonchev–Trinajstić information content (AvgIpc) is 2.85. The van der Waals surface area contributed by atoms with Gasteiger partial charge in [-0.3, -0.25) is 0 Å². The molecule has 0 bridgehead atoms. The Morgan fingerprint density at radius 3 is 2.79 bits per heavy atom. The van der Waals surface area contributed by atoms with Crippen molar-refractivity contribution in [2.45, 2.75) is 19.6 Å². The Hall–Kier alpha value is -0.680. The summed E-state index contributed by atoms with van der Waals surface area (Å²) in [6, 6.07) is 12.5. The second-order valence-corrected chi connectivity index (χ2v) is 6.24. The van der Waals surface area contributed by atoms with E-state index in [0.717, 1.165) is 24.2 Å². The second-order valence-electron chi connectivity index (χ2n) is 4.33. The molecule has 4 heteroatoms. The zero-order valence-electron chi connectivity index (χ0n) is 10.9. The third-order valence-electron chi connectivity index (χ3n) is 2.84. The summed E-state index contributed by atoms with van der Waals surface area (Å²) in [6.45, 7) is 4.58. The number of halogens is 1. The number of ether oxygens (including phenoxy) is 1. The van der Waals surface area contributed by atoms with Gasteiger partial charge in [0.1, 0.15) is 0 Å². The first-order chi connectivity index (χ1) is 9.25. The number of thiophene rings is 1. The van der Waals surface area contributed by atoms with E-state index >= 15 is 0 Å². The molecule has 0 spiro atoms. The van der Waals surface area contributed by atoms with Gasteiger partial charge in [0.05, 0.1) is 12.7 Å². The fourth-order valence-corrected chi connectivity index (χ4v) is 3.21. The van der Waals surface area contributed by atoms with Gasteiger partial charge in [-0.05, 0) is 34.5 Å². The summed E-state index contributed by atoms with van der Waals surface area (Å²) in [4.78, 5) is 1.34. The molecule has 1 aromatic carbocycles. The molecule has 0 fully saturated rings. The third-order valence-corrected chi connectivity index (χ3v) is 4.53. The van der Waals surface area contributed by atoms with Crippen LogP contribution in [0.15, 0.2) is 46.3 Å². The maximum atomic E-state index is 5.80. The van der Waals surface area contributed by atoms with E-state index < -0.39 is 0 Å². The van der Waals surface area contributed by atoms with Crippen LogP contribution in [0.2, 0.25) is 0 Å². The van der Waals surface area contributed by atoms with E-state index in [0.29, 0.717) is 0 Å². The van der Waals surface area contributed by atoms with E-state index in [-0.39, 0.29) is 6.10 Å². The van der Waals surface area contributed by atoms with Crippen molar-refractivity contribution < 1.29 is 4.74 Å². The van der Waals surface area contributed by atoms with Gasteiger partial charge >= 0.3 is 0 Å². The topological polar surface area (TPSA) is 21.3 Å². The summed E-state index contributed by atoms with van der Waals surface area (Å²) < 4.78 is 6.96. The summed E-state index contributed by atoms with van der Waals surface area (Å²) in [5.41, 5.74) is 1.23.